The zero-order valence-corrected chi connectivity index (χ0v) is 19.3. The van der Waals surface area contributed by atoms with Crippen molar-refractivity contribution >= 4 is 70.1 Å². The summed E-state index contributed by atoms with van der Waals surface area (Å²) >= 11 is 24.0. The Morgan fingerprint density at radius 3 is 2.12 bits per heavy atom. The van der Waals surface area contributed by atoms with Gasteiger partial charge in [-0.15, -0.1) is 0 Å². The van der Waals surface area contributed by atoms with Crippen molar-refractivity contribution in [3.05, 3.63) is 91.9 Å². The summed E-state index contributed by atoms with van der Waals surface area (Å²) in [5, 5.41) is 7.87. The molecule has 0 aliphatic rings. The first-order chi connectivity index (χ1) is 15.3. The fourth-order valence-corrected chi connectivity index (χ4v) is 3.54. The summed E-state index contributed by atoms with van der Waals surface area (Å²) in [7, 11) is 0. The minimum absolute atomic E-state index is 0.217. The van der Waals surface area contributed by atoms with Crippen molar-refractivity contribution in [2.45, 2.75) is 6.61 Å². The quantitative estimate of drug-likeness (QED) is 0.243. The number of carbonyl (C=O) groups excluding carboxylic acids is 2. The number of nitrogens with zero attached hydrogens (tertiary/aromatic N) is 1. The van der Waals surface area contributed by atoms with Gasteiger partial charge in [-0.25, -0.2) is 5.43 Å². The van der Waals surface area contributed by atoms with Gasteiger partial charge in [-0.3, -0.25) is 9.59 Å². The fraction of sp³-hybridized carbons (Fsp3) is 0.0455. The molecule has 0 aliphatic carbocycles. The molecule has 164 valence electrons. The molecule has 6 nitrogen and oxygen atoms in total. The molecular formula is C22H15Cl4N3O3. The van der Waals surface area contributed by atoms with Gasteiger partial charge in [-0.05, 0) is 60.2 Å². The first-order valence-corrected chi connectivity index (χ1v) is 10.6. The van der Waals surface area contributed by atoms with Crippen LogP contribution < -0.4 is 15.5 Å². The zero-order chi connectivity index (χ0) is 23.1. The lowest BCUT2D eigenvalue weighted by Crippen LogP contribution is -2.32. The van der Waals surface area contributed by atoms with Crippen LogP contribution in [-0.4, -0.2) is 18.0 Å². The van der Waals surface area contributed by atoms with Crippen molar-refractivity contribution in [1.29, 1.82) is 0 Å². The Bertz CT molecular complexity index is 1130. The van der Waals surface area contributed by atoms with E-state index < -0.39 is 11.8 Å². The van der Waals surface area contributed by atoms with E-state index in [0.717, 1.165) is 0 Å². The van der Waals surface area contributed by atoms with Crippen LogP contribution in [0.2, 0.25) is 20.1 Å². The van der Waals surface area contributed by atoms with Crippen LogP contribution in [-0.2, 0) is 16.2 Å². The van der Waals surface area contributed by atoms with Crippen LogP contribution >= 0.6 is 46.4 Å². The van der Waals surface area contributed by atoms with Crippen LogP contribution in [0.4, 0.5) is 5.69 Å². The highest BCUT2D eigenvalue weighted by atomic mass is 35.5. The van der Waals surface area contributed by atoms with Crippen molar-refractivity contribution in [3.63, 3.8) is 0 Å². The second kappa shape index (κ2) is 11.2. The van der Waals surface area contributed by atoms with E-state index in [-0.39, 0.29) is 6.61 Å². The number of rotatable bonds is 6. The zero-order valence-electron chi connectivity index (χ0n) is 16.2. The number of carbonyl (C=O) groups is 2. The predicted octanol–water partition coefficient (Wildman–Crippen LogP) is 5.97. The number of halogens is 4. The van der Waals surface area contributed by atoms with Crippen molar-refractivity contribution in [2.75, 3.05) is 5.32 Å². The van der Waals surface area contributed by atoms with E-state index in [2.05, 4.69) is 15.8 Å². The molecule has 0 heterocycles. The van der Waals surface area contributed by atoms with E-state index in [1.807, 2.05) is 0 Å². The Kier molecular flexibility index (Phi) is 8.36. The van der Waals surface area contributed by atoms with Gasteiger partial charge in [0.15, 0.2) is 0 Å². The molecule has 10 heteroatoms. The summed E-state index contributed by atoms with van der Waals surface area (Å²) in [5.74, 6) is -1.27. The lowest BCUT2D eigenvalue weighted by atomic mass is 10.2. The largest absolute Gasteiger partial charge is 0.489 e. The first kappa shape index (κ1) is 23.9. The third kappa shape index (κ3) is 6.87. The molecule has 3 aromatic rings. The van der Waals surface area contributed by atoms with Crippen LogP contribution in [0.15, 0.2) is 65.8 Å². The number of nitrogens with one attached hydrogen (secondary N) is 2. The van der Waals surface area contributed by atoms with E-state index in [4.69, 9.17) is 51.1 Å². The van der Waals surface area contributed by atoms with Gasteiger partial charge in [0.05, 0.1) is 6.21 Å². The molecule has 2 amide bonds. The highest BCUT2D eigenvalue weighted by molar-refractivity contribution is 6.40. The molecule has 0 spiro atoms. The van der Waals surface area contributed by atoms with Gasteiger partial charge in [0.1, 0.15) is 12.4 Å². The Hall–Kier alpha value is -2.77. The van der Waals surface area contributed by atoms with Gasteiger partial charge in [-0.1, -0.05) is 52.5 Å². The van der Waals surface area contributed by atoms with Crippen LogP contribution in [0.25, 0.3) is 0 Å². The third-order valence-corrected chi connectivity index (χ3v) is 5.18. The Balaban J connectivity index is 1.51. The summed E-state index contributed by atoms with van der Waals surface area (Å²) in [6.07, 6.45) is 1.39. The Morgan fingerprint density at radius 1 is 0.875 bits per heavy atom. The number of hydrogen-bond donors (Lipinski definition) is 2. The number of hydrogen-bond acceptors (Lipinski definition) is 4. The average molecular weight is 511 g/mol. The molecule has 0 aromatic heterocycles. The monoisotopic (exact) mass is 509 g/mol. The highest BCUT2D eigenvalue weighted by Gasteiger charge is 2.13. The van der Waals surface area contributed by atoms with Crippen LogP contribution in [0.1, 0.15) is 11.1 Å². The minimum atomic E-state index is -0.950. The number of hydrazone groups is 1. The highest BCUT2D eigenvalue weighted by Crippen LogP contribution is 2.26. The van der Waals surface area contributed by atoms with Crippen molar-refractivity contribution in [2.24, 2.45) is 5.10 Å². The van der Waals surface area contributed by atoms with Gasteiger partial charge >= 0.3 is 11.8 Å². The molecular weight excluding hydrogens is 496 g/mol. The van der Waals surface area contributed by atoms with E-state index in [1.165, 1.54) is 24.4 Å². The molecule has 3 rings (SSSR count). The van der Waals surface area contributed by atoms with E-state index in [9.17, 15) is 9.59 Å². The second-order valence-corrected chi connectivity index (χ2v) is 8.06. The van der Waals surface area contributed by atoms with Crippen molar-refractivity contribution < 1.29 is 14.3 Å². The van der Waals surface area contributed by atoms with Crippen molar-refractivity contribution in [3.8, 4) is 5.75 Å². The number of benzene rings is 3. The molecule has 3 aromatic carbocycles. The topological polar surface area (TPSA) is 79.8 Å². The molecule has 0 saturated carbocycles. The molecule has 0 bridgehead atoms. The van der Waals surface area contributed by atoms with Gasteiger partial charge in [0, 0.05) is 31.3 Å². The van der Waals surface area contributed by atoms with Gasteiger partial charge in [-0.2, -0.15) is 5.10 Å². The van der Waals surface area contributed by atoms with Crippen LogP contribution in [0.5, 0.6) is 5.75 Å². The van der Waals surface area contributed by atoms with Crippen LogP contribution in [0.3, 0.4) is 0 Å². The third-order valence-electron chi connectivity index (χ3n) is 4.03. The molecule has 2 N–H and O–H groups in total. The summed E-state index contributed by atoms with van der Waals surface area (Å²) in [4.78, 5) is 23.8. The van der Waals surface area contributed by atoms with E-state index in [1.54, 1.807) is 42.5 Å². The molecule has 0 aliphatic heterocycles. The Morgan fingerprint density at radius 2 is 1.50 bits per heavy atom. The average Bonchev–Trinajstić information content (AvgIpc) is 2.73. The lowest BCUT2D eigenvalue weighted by molar-refractivity contribution is -0.136. The SMILES string of the molecule is O=C(NN=Cc1ccc(OCc2c(Cl)cccc2Cl)cc1)C(=O)Nc1cc(Cl)cc(Cl)c1. The maximum absolute atomic E-state index is 11.9. The maximum atomic E-state index is 11.9. The fourth-order valence-electron chi connectivity index (χ4n) is 2.51. The summed E-state index contributed by atoms with van der Waals surface area (Å²) in [6, 6.07) is 16.6. The smallest absolute Gasteiger partial charge is 0.329 e. The summed E-state index contributed by atoms with van der Waals surface area (Å²) < 4.78 is 5.70. The second-order valence-electron chi connectivity index (χ2n) is 6.37. The maximum Gasteiger partial charge on any atom is 0.329 e. The van der Waals surface area contributed by atoms with Gasteiger partial charge < -0.3 is 10.1 Å². The van der Waals surface area contributed by atoms with Crippen LogP contribution in [0, 0.1) is 0 Å². The molecule has 0 saturated heterocycles. The molecule has 0 atom stereocenters. The van der Waals surface area contributed by atoms with Gasteiger partial charge in [0.25, 0.3) is 0 Å². The molecule has 0 fully saturated rings. The lowest BCUT2D eigenvalue weighted by Gasteiger charge is -2.09. The standard InChI is InChI=1S/C22H15Cl4N3O3/c23-14-8-15(24)10-16(9-14)28-21(30)22(31)29-27-11-13-4-6-17(7-5-13)32-12-18-19(25)2-1-3-20(18)26/h1-11H,12H2,(H,28,30)(H,29,31). The predicted molar refractivity (Wildman–Crippen MR) is 128 cm³/mol. The molecule has 0 radical (unpaired) electrons. The molecule has 32 heavy (non-hydrogen) atoms. The van der Waals surface area contributed by atoms with E-state index in [0.29, 0.717) is 42.7 Å². The summed E-state index contributed by atoms with van der Waals surface area (Å²) in [6.45, 7) is 0.217. The first-order valence-electron chi connectivity index (χ1n) is 9.08. The van der Waals surface area contributed by atoms with E-state index >= 15 is 0 Å². The Labute approximate surface area is 204 Å². The number of anilines is 1. The normalized spacial score (nSPS) is 10.8. The molecule has 0 unspecified atom stereocenters. The van der Waals surface area contributed by atoms with Gasteiger partial charge in [0.2, 0.25) is 0 Å². The number of amides is 2. The number of ether oxygens (including phenoxy) is 1. The minimum Gasteiger partial charge on any atom is -0.489 e. The van der Waals surface area contributed by atoms with Crippen molar-refractivity contribution in [1.82, 2.24) is 5.43 Å². The summed E-state index contributed by atoms with van der Waals surface area (Å²) in [5.41, 5.74) is 3.81.